The topological polar surface area (TPSA) is 101 Å². The van der Waals surface area contributed by atoms with Gasteiger partial charge in [0.05, 0.1) is 31.7 Å². The Kier molecular flexibility index (Phi) is 4.02. The summed E-state index contributed by atoms with van der Waals surface area (Å²) in [7, 11) is 0. The van der Waals surface area contributed by atoms with E-state index in [0.717, 1.165) is 5.69 Å². The molecule has 0 aromatic carbocycles. The van der Waals surface area contributed by atoms with Crippen LogP contribution in [-0.2, 0) is 6.54 Å². The van der Waals surface area contributed by atoms with Crippen LogP contribution in [0, 0.1) is 0 Å². The van der Waals surface area contributed by atoms with Crippen LogP contribution in [0.3, 0.4) is 0 Å². The zero-order valence-electron chi connectivity index (χ0n) is 7.77. The Morgan fingerprint density at radius 2 is 1.93 bits per heavy atom. The predicted octanol–water partition coefficient (Wildman–Crippen LogP) is -1.78. The number of H-pyrrole nitrogens is 1. The van der Waals surface area contributed by atoms with Crippen LogP contribution in [0.25, 0.3) is 0 Å². The maximum Gasteiger partial charge on any atom is 0.0922 e. The molecule has 0 unspecified atom stereocenters. The predicted molar refractivity (Wildman–Crippen MR) is 49.4 cm³/mol. The molecule has 0 amide bonds. The minimum absolute atomic E-state index is 0.325. The Hall–Kier alpha value is -0.950. The summed E-state index contributed by atoms with van der Waals surface area (Å²) in [6, 6.07) is 0. The molecule has 5 N–H and O–H groups in total. The van der Waals surface area contributed by atoms with E-state index in [1.165, 1.54) is 6.33 Å². The molecule has 0 fully saturated rings. The molecule has 14 heavy (non-hydrogen) atoms. The van der Waals surface area contributed by atoms with Crippen LogP contribution in [0.5, 0.6) is 0 Å². The van der Waals surface area contributed by atoms with Crippen molar-refractivity contribution in [1.82, 2.24) is 15.3 Å². The van der Waals surface area contributed by atoms with Crippen LogP contribution in [-0.4, -0.2) is 50.6 Å². The van der Waals surface area contributed by atoms with Gasteiger partial charge in [-0.1, -0.05) is 0 Å². The first kappa shape index (κ1) is 11.1. The third-order valence-electron chi connectivity index (χ3n) is 2.12. The highest BCUT2D eigenvalue weighted by Gasteiger charge is 2.27. The number of rotatable bonds is 6. The third kappa shape index (κ3) is 2.52. The van der Waals surface area contributed by atoms with Crippen LogP contribution in [0.1, 0.15) is 5.69 Å². The maximum atomic E-state index is 9.00. The molecule has 0 aliphatic heterocycles. The van der Waals surface area contributed by atoms with Crippen molar-refractivity contribution in [3.63, 3.8) is 0 Å². The van der Waals surface area contributed by atoms with E-state index >= 15 is 0 Å². The Morgan fingerprint density at radius 1 is 1.29 bits per heavy atom. The largest absolute Gasteiger partial charge is 0.394 e. The third-order valence-corrected chi connectivity index (χ3v) is 2.12. The van der Waals surface area contributed by atoms with Gasteiger partial charge in [-0.05, 0) is 0 Å². The van der Waals surface area contributed by atoms with Gasteiger partial charge in [0.2, 0.25) is 0 Å². The number of aromatic amines is 1. The number of aliphatic hydroxyl groups is 3. The van der Waals surface area contributed by atoms with Crippen LogP contribution in [0.15, 0.2) is 12.5 Å². The highest BCUT2D eigenvalue weighted by molar-refractivity contribution is 4.96. The minimum Gasteiger partial charge on any atom is -0.394 e. The summed E-state index contributed by atoms with van der Waals surface area (Å²) in [6.07, 6.45) is 3.17. The van der Waals surface area contributed by atoms with Crippen molar-refractivity contribution in [2.75, 3.05) is 19.8 Å². The number of nitrogens with zero attached hydrogens (tertiary/aromatic N) is 1. The number of aliphatic hydroxyl groups excluding tert-OH is 3. The molecule has 80 valence electrons. The second-order valence-corrected chi connectivity index (χ2v) is 3.19. The van der Waals surface area contributed by atoms with Crippen LogP contribution >= 0.6 is 0 Å². The monoisotopic (exact) mass is 201 g/mol. The summed E-state index contributed by atoms with van der Waals surface area (Å²) in [5.41, 5.74) is -0.213. The standard InChI is InChI=1S/C8H15N3O3/c12-3-8(4-13,5-14)11-2-7-1-9-6-10-7/h1,6,11-14H,2-5H2,(H,9,10). The van der Waals surface area contributed by atoms with E-state index in [0.29, 0.717) is 6.54 Å². The van der Waals surface area contributed by atoms with Gasteiger partial charge < -0.3 is 20.3 Å². The number of aromatic nitrogens is 2. The van der Waals surface area contributed by atoms with Gasteiger partial charge in [0.1, 0.15) is 0 Å². The summed E-state index contributed by atoms with van der Waals surface area (Å²) < 4.78 is 0. The first-order valence-electron chi connectivity index (χ1n) is 4.31. The van der Waals surface area contributed by atoms with E-state index < -0.39 is 5.54 Å². The zero-order valence-corrected chi connectivity index (χ0v) is 7.77. The van der Waals surface area contributed by atoms with Gasteiger partial charge in [0, 0.05) is 18.4 Å². The molecule has 0 saturated heterocycles. The Labute approximate surface area is 81.6 Å². The van der Waals surface area contributed by atoms with E-state index in [4.69, 9.17) is 15.3 Å². The molecule has 0 aliphatic carbocycles. The van der Waals surface area contributed by atoms with Gasteiger partial charge in [-0.3, -0.25) is 5.32 Å². The van der Waals surface area contributed by atoms with Crippen LogP contribution in [0.2, 0.25) is 0 Å². The number of hydrogen-bond acceptors (Lipinski definition) is 5. The molecule has 0 atom stereocenters. The highest BCUT2D eigenvalue weighted by atomic mass is 16.3. The molecule has 6 nitrogen and oxygen atoms in total. The molecule has 0 radical (unpaired) electrons. The van der Waals surface area contributed by atoms with E-state index in [-0.39, 0.29) is 19.8 Å². The first-order chi connectivity index (χ1) is 6.76. The Bertz CT molecular complexity index is 238. The molecule has 0 spiro atoms. The normalized spacial score (nSPS) is 11.9. The van der Waals surface area contributed by atoms with Crippen molar-refractivity contribution >= 4 is 0 Å². The van der Waals surface area contributed by atoms with Crippen molar-refractivity contribution in [3.05, 3.63) is 18.2 Å². The van der Waals surface area contributed by atoms with Gasteiger partial charge in [-0.15, -0.1) is 0 Å². The van der Waals surface area contributed by atoms with Gasteiger partial charge in [-0.2, -0.15) is 0 Å². The lowest BCUT2D eigenvalue weighted by molar-refractivity contribution is 0.0412. The summed E-state index contributed by atoms with van der Waals surface area (Å²) in [5.74, 6) is 0. The van der Waals surface area contributed by atoms with E-state index in [1.54, 1.807) is 6.20 Å². The SMILES string of the molecule is OCC(CO)(CO)NCc1cnc[nH]1. The average molecular weight is 201 g/mol. The smallest absolute Gasteiger partial charge is 0.0922 e. The fourth-order valence-corrected chi connectivity index (χ4v) is 0.982. The summed E-state index contributed by atoms with van der Waals surface area (Å²) in [5, 5.41) is 29.9. The van der Waals surface area contributed by atoms with Gasteiger partial charge in [0.25, 0.3) is 0 Å². The van der Waals surface area contributed by atoms with E-state index in [2.05, 4.69) is 15.3 Å². The second kappa shape index (κ2) is 5.06. The number of hydrogen-bond donors (Lipinski definition) is 5. The van der Waals surface area contributed by atoms with Crippen molar-refractivity contribution in [2.24, 2.45) is 0 Å². The molecule has 0 bridgehead atoms. The van der Waals surface area contributed by atoms with Gasteiger partial charge >= 0.3 is 0 Å². The number of imidazole rings is 1. The molecular weight excluding hydrogens is 186 g/mol. The molecule has 1 aromatic rings. The number of nitrogens with one attached hydrogen (secondary N) is 2. The molecule has 1 heterocycles. The van der Waals surface area contributed by atoms with Crippen LogP contribution in [0.4, 0.5) is 0 Å². The van der Waals surface area contributed by atoms with Crippen molar-refractivity contribution in [3.8, 4) is 0 Å². The second-order valence-electron chi connectivity index (χ2n) is 3.19. The van der Waals surface area contributed by atoms with Gasteiger partial charge in [-0.25, -0.2) is 4.98 Å². The minimum atomic E-state index is -1.04. The Morgan fingerprint density at radius 3 is 2.36 bits per heavy atom. The lowest BCUT2D eigenvalue weighted by Crippen LogP contribution is -2.54. The average Bonchev–Trinajstić information content (AvgIpc) is 2.74. The van der Waals surface area contributed by atoms with E-state index in [9.17, 15) is 0 Å². The molecular formula is C8H15N3O3. The summed E-state index contributed by atoms with van der Waals surface area (Å²) in [4.78, 5) is 6.68. The quantitative estimate of drug-likeness (QED) is 0.374. The summed E-state index contributed by atoms with van der Waals surface area (Å²) in [6.45, 7) is -0.571. The fourth-order valence-electron chi connectivity index (χ4n) is 0.982. The van der Waals surface area contributed by atoms with Crippen molar-refractivity contribution in [1.29, 1.82) is 0 Å². The van der Waals surface area contributed by atoms with E-state index in [1.807, 2.05) is 0 Å². The zero-order chi connectivity index (χ0) is 10.4. The molecule has 1 rings (SSSR count). The van der Waals surface area contributed by atoms with Crippen molar-refractivity contribution < 1.29 is 15.3 Å². The lowest BCUT2D eigenvalue weighted by atomic mass is 10.0. The molecule has 0 saturated carbocycles. The highest BCUT2D eigenvalue weighted by Crippen LogP contribution is 2.03. The van der Waals surface area contributed by atoms with Gasteiger partial charge in [0.15, 0.2) is 0 Å². The summed E-state index contributed by atoms with van der Waals surface area (Å²) >= 11 is 0. The lowest BCUT2D eigenvalue weighted by Gasteiger charge is -2.28. The van der Waals surface area contributed by atoms with Crippen molar-refractivity contribution in [2.45, 2.75) is 12.1 Å². The molecule has 6 heteroatoms. The van der Waals surface area contributed by atoms with Crippen LogP contribution < -0.4 is 5.32 Å². The Balaban J connectivity index is 2.48. The first-order valence-corrected chi connectivity index (χ1v) is 4.31. The fraction of sp³-hybridized carbons (Fsp3) is 0.625. The molecule has 1 aromatic heterocycles. The molecule has 0 aliphatic rings. The maximum absolute atomic E-state index is 9.00.